The topological polar surface area (TPSA) is 24.7 Å². The van der Waals surface area contributed by atoms with Crippen LogP contribution in [0.1, 0.15) is 68.2 Å². The molecule has 2 nitrogen and oxygen atoms in total. The summed E-state index contributed by atoms with van der Waals surface area (Å²) in [4.78, 5) is 9.98. The molecule has 0 radical (unpaired) electrons. The minimum absolute atomic E-state index is 0.00322. The van der Waals surface area contributed by atoms with E-state index in [1.54, 1.807) is 0 Å². The number of hydrogen-bond acceptors (Lipinski definition) is 2. The number of hydrogen-bond donors (Lipinski definition) is 0. The van der Waals surface area contributed by atoms with Crippen molar-refractivity contribution in [2.45, 2.75) is 79.3 Å². The van der Waals surface area contributed by atoms with Crippen molar-refractivity contribution >= 4 is 11.4 Å². The van der Waals surface area contributed by atoms with Gasteiger partial charge in [0.2, 0.25) is 0 Å². The fourth-order valence-electron chi connectivity index (χ4n) is 4.93. The third-order valence-corrected chi connectivity index (χ3v) is 5.59. The first-order chi connectivity index (χ1) is 10.5. The van der Waals surface area contributed by atoms with Gasteiger partial charge >= 0.3 is 0 Å². The highest BCUT2D eigenvalue weighted by Crippen LogP contribution is 2.56. The van der Waals surface area contributed by atoms with E-state index < -0.39 is 0 Å². The molecule has 1 spiro atoms. The van der Waals surface area contributed by atoms with Gasteiger partial charge in [0.05, 0.1) is 16.5 Å². The minimum atomic E-state index is -0.0433. The summed E-state index contributed by atoms with van der Waals surface area (Å²) in [6.07, 6.45) is 6.79. The molecule has 0 amide bonds. The van der Waals surface area contributed by atoms with Gasteiger partial charge in [-0.15, -0.1) is 0 Å². The Kier molecular flexibility index (Phi) is 3.41. The van der Waals surface area contributed by atoms with Gasteiger partial charge in [-0.25, -0.2) is 0 Å². The van der Waals surface area contributed by atoms with Crippen LogP contribution in [-0.2, 0) is 0 Å². The van der Waals surface area contributed by atoms with E-state index in [1.165, 1.54) is 28.0 Å². The van der Waals surface area contributed by atoms with Crippen LogP contribution in [0.25, 0.3) is 0 Å². The van der Waals surface area contributed by atoms with Gasteiger partial charge in [-0.3, -0.25) is 9.98 Å². The highest BCUT2D eigenvalue weighted by molar-refractivity contribution is 6.02. The van der Waals surface area contributed by atoms with Crippen LogP contribution in [0.15, 0.2) is 44.4 Å². The number of rotatable bonds is 0. The summed E-state index contributed by atoms with van der Waals surface area (Å²) >= 11 is 0. The second-order valence-electron chi connectivity index (χ2n) is 8.88. The summed E-state index contributed by atoms with van der Waals surface area (Å²) in [5.41, 5.74) is 8.10. The molecule has 2 heteroatoms. The maximum Gasteiger partial charge on any atom is 0.0595 e. The van der Waals surface area contributed by atoms with E-state index in [9.17, 15) is 0 Å². The Labute approximate surface area is 141 Å². The SMILES string of the molecule is CC1=CC(C)=C2CC(C)(C)N=C(C)C=C2C12CC(C)(C)N=C2C. The lowest BCUT2D eigenvalue weighted by atomic mass is 9.61. The molecule has 124 valence electrons. The summed E-state index contributed by atoms with van der Waals surface area (Å²) in [7, 11) is 0. The molecular weight excluding hydrogens is 280 g/mol. The zero-order valence-electron chi connectivity index (χ0n) is 16.0. The molecule has 2 heterocycles. The third-order valence-electron chi connectivity index (χ3n) is 5.59. The molecule has 3 rings (SSSR count). The molecule has 1 atom stereocenters. The van der Waals surface area contributed by atoms with Gasteiger partial charge in [-0.2, -0.15) is 0 Å². The first-order valence-electron chi connectivity index (χ1n) is 8.71. The molecule has 0 fully saturated rings. The second-order valence-corrected chi connectivity index (χ2v) is 8.88. The minimum Gasteiger partial charge on any atom is -0.287 e. The first-order valence-corrected chi connectivity index (χ1v) is 8.71. The Balaban J connectivity index is 2.26. The van der Waals surface area contributed by atoms with Gasteiger partial charge in [-0.05, 0) is 91.0 Å². The maximum atomic E-state index is 5.03. The molecule has 0 N–H and O–H groups in total. The van der Waals surface area contributed by atoms with Crippen LogP contribution in [0.2, 0.25) is 0 Å². The zero-order valence-corrected chi connectivity index (χ0v) is 16.0. The second kappa shape index (κ2) is 4.78. The van der Waals surface area contributed by atoms with Crippen LogP contribution < -0.4 is 0 Å². The van der Waals surface area contributed by atoms with Gasteiger partial charge in [0, 0.05) is 11.4 Å². The molecule has 0 aromatic carbocycles. The Morgan fingerprint density at radius 1 is 0.870 bits per heavy atom. The Bertz CT molecular complexity index is 723. The van der Waals surface area contributed by atoms with E-state index in [1.807, 2.05) is 0 Å². The van der Waals surface area contributed by atoms with E-state index >= 15 is 0 Å². The van der Waals surface area contributed by atoms with Crippen molar-refractivity contribution < 1.29 is 0 Å². The molecule has 0 bridgehead atoms. The number of nitrogens with zero attached hydrogens (tertiary/aromatic N) is 2. The molecule has 2 aliphatic heterocycles. The summed E-state index contributed by atoms with van der Waals surface area (Å²) in [5, 5.41) is 0. The van der Waals surface area contributed by atoms with E-state index in [4.69, 9.17) is 9.98 Å². The van der Waals surface area contributed by atoms with Crippen LogP contribution in [0.5, 0.6) is 0 Å². The van der Waals surface area contributed by atoms with Crippen molar-refractivity contribution in [2.75, 3.05) is 0 Å². The summed E-state index contributed by atoms with van der Waals surface area (Å²) in [6.45, 7) is 17.9. The van der Waals surface area contributed by atoms with Gasteiger partial charge in [0.25, 0.3) is 0 Å². The molecule has 0 aromatic rings. The molecule has 1 unspecified atom stereocenters. The number of allylic oxidation sites excluding steroid dienone is 5. The lowest BCUT2D eigenvalue weighted by Crippen LogP contribution is -2.36. The van der Waals surface area contributed by atoms with Crippen LogP contribution in [-0.4, -0.2) is 22.5 Å². The van der Waals surface area contributed by atoms with Gasteiger partial charge in [0.1, 0.15) is 0 Å². The summed E-state index contributed by atoms with van der Waals surface area (Å²) < 4.78 is 0. The molecule has 0 saturated heterocycles. The average molecular weight is 310 g/mol. The normalized spacial score (nSPS) is 32.0. The number of fused-ring (bicyclic) bond motifs is 2. The van der Waals surface area contributed by atoms with Crippen molar-refractivity contribution in [3.63, 3.8) is 0 Å². The first kappa shape index (κ1) is 16.4. The molecule has 23 heavy (non-hydrogen) atoms. The predicted octanol–water partition coefficient (Wildman–Crippen LogP) is 5.46. The van der Waals surface area contributed by atoms with Gasteiger partial charge < -0.3 is 0 Å². The Morgan fingerprint density at radius 2 is 1.52 bits per heavy atom. The zero-order chi connectivity index (χ0) is 17.2. The fraction of sp³-hybridized carbons (Fsp3) is 0.619. The quantitative estimate of drug-likeness (QED) is 0.567. The van der Waals surface area contributed by atoms with E-state index in [2.05, 4.69) is 67.5 Å². The summed E-state index contributed by atoms with van der Waals surface area (Å²) in [6, 6.07) is 0. The molecule has 1 aliphatic carbocycles. The lowest BCUT2D eigenvalue weighted by Gasteiger charge is -2.40. The van der Waals surface area contributed by atoms with E-state index in [0.29, 0.717) is 0 Å². The maximum absolute atomic E-state index is 5.03. The molecule has 3 aliphatic rings. The van der Waals surface area contributed by atoms with Gasteiger partial charge in [0.15, 0.2) is 0 Å². The highest BCUT2D eigenvalue weighted by atomic mass is 14.9. The highest BCUT2D eigenvalue weighted by Gasteiger charge is 2.51. The third kappa shape index (κ3) is 2.47. The van der Waals surface area contributed by atoms with Crippen LogP contribution >= 0.6 is 0 Å². The van der Waals surface area contributed by atoms with Crippen molar-refractivity contribution in [3.8, 4) is 0 Å². The monoisotopic (exact) mass is 310 g/mol. The predicted molar refractivity (Wildman–Crippen MR) is 101 cm³/mol. The molecule has 0 aromatic heterocycles. The van der Waals surface area contributed by atoms with Crippen molar-refractivity contribution in [3.05, 3.63) is 34.4 Å². The Morgan fingerprint density at radius 3 is 2.09 bits per heavy atom. The number of aliphatic imine (C=N–C) groups is 2. The van der Waals surface area contributed by atoms with E-state index in [0.717, 1.165) is 18.6 Å². The molecular formula is C21H30N2. The average Bonchev–Trinajstić information content (AvgIpc) is 2.52. The summed E-state index contributed by atoms with van der Waals surface area (Å²) in [5.74, 6) is 0. The standard InChI is InChI=1S/C21H30N2/c1-13-9-14(2)21(12-20(7,8)23-16(21)4)18-10-15(3)22-19(5,6)11-17(13)18/h9-10H,11-12H2,1-8H3. The van der Waals surface area contributed by atoms with Crippen LogP contribution in [0, 0.1) is 5.41 Å². The Hall–Kier alpha value is -1.44. The van der Waals surface area contributed by atoms with Crippen LogP contribution in [0.4, 0.5) is 0 Å². The largest absolute Gasteiger partial charge is 0.287 e. The van der Waals surface area contributed by atoms with Crippen molar-refractivity contribution in [1.29, 1.82) is 0 Å². The smallest absolute Gasteiger partial charge is 0.0595 e. The molecule has 0 saturated carbocycles. The lowest BCUT2D eigenvalue weighted by molar-refractivity contribution is 0.418. The van der Waals surface area contributed by atoms with Crippen LogP contribution in [0.3, 0.4) is 0 Å². The van der Waals surface area contributed by atoms with Crippen molar-refractivity contribution in [1.82, 2.24) is 0 Å². The fourth-order valence-corrected chi connectivity index (χ4v) is 4.93. The van der Waals surface area contributed by atoms with Gasteiger partial charge in [-0.1, -0.05) is 11.6 Å². The van der Waals surface area contributed by atoms with E-state index in [-0.39, 0.29) is 16.5 Å². The van der Waals surface area contributed by atoms with Crippen molar-refractivity contribution in [2.24, 2.45) is 15.4 Å².